The van der Waals surface area contributed by atoms with Crippen LogP contribution in [0.15, 0.2) is 30.6 Å². The molecule has 0 saturated carbocycles. The minimum atomic E-state index is -4.95. The molecule has 3 atom stereocenters. The van der Waals surface area contributed by atoms with Crippen molar-refractivity contribution in [1.82, 2.24) is 14.9 Å². The first-order valence-electron chi connectivity index (χ1n) is 13.0. The number of anilines is 1. The third-order valence-electron chi connectivity index (χ3n) is 6.83. The summed E-state index contributed by atoms with van der Waals surface area (Å²) in [4.78, 5) is 25.0. The van der Waals surface area contributed by atoms with E-state index in [0.717, 1.165) is 17.7 Å². The topological polar surface area (TPSA) is 58.6 Å². The van der Waals surface area contributed by atoms with Gasteiger partial charge in [0.25, 0.3) is 0 Å². The van der Waals surface area contributed by atoms with Gasteiger partial charge >= 0.3 is 18.4 Å². The highest BCUT2D eigenvalue weighted by molar-refractivity contribution is 5.69. The maximum atomic E-state index is 13.5. The molecule has 1 fully saturated rings. The Balaban J connectivity index is 2.05. The number of hydrogen-bond acceptors (Lipinski definition) is 5. The van der Waals surface area contributed by atoms with Gasteiger partial charge in [0.15, 0.2) is 0 Å². The lowest BCUT2D eigenvalue weighted by atomic mass is 9.87. The van der Waals surface area contributed by atoms with Crippen molar-refractivity contribution in [2.45, 2.75) is 103 Å². The van der Waals surface area contributed by atoms with Crippen molar-refractivity contribution in [3.05, 3.63) is 52.8 Å². The molecule has 0 bridgehead atoms. The monoisotopic (exact) mass is 560 g/mol. The van der Waals surface area contributed by atoms with Crippen molar-refractivity contribution in [1.29, 1.82) is 0 Å². The number of benzene rings is 1. The fourth-order valence-electron chi connectivity index (χ4n) is 5.00. The van der Waals surface area contributed by atoms with Gasteiger partial charge in [-0.1, -0.05) is 13.8 Å². The van der Waals surface area contributed by atoms with Gasteiger partial charge in [0, 0.05) is 37.1 Å². The van der Waals surface area contributed by atoms with Crippen LogP contribution in [0.5, 0.6) is 0 Å². The zero-order valence-electron chi connectivity index (χ0n) is 22.6. The Morgan fingerprint density at radius 2 is 1.46 bits per heavy atom. The molecule has 1 unspecified atom stereocenters. The van der Waals surface area contributed by atoms with E-state index in [2.05, 4.69) is 9.97 Å². The van der Waals surface area contributed by atoms with Crippen LogP contribution in [0, 0.1) is 6.92 Å². The van der Waals surface area contributed by atoms with Crippen molar-refractivity contribution in [2.75, 3.05) is 4.90 Å². The number of likely N-dealkylation sites (tertiary alicyclic amines) is 1. The predicted molar refractivity (Wildman–Crippen MR) is 134 cm³/mol. The molecule has 0 aliphatic carbocycles. The number of amides is 1. The van der Waals surface area contributed by atoms with E-state index >= 15 is 0 Å². The van der Waals surface area contributed by atoms with E-state index in [1.165, 1.54) is 0 Å². The highest BCUT2D eigenvalue weighted by atomic mass is 19.4. The van der Waals surface area contributed by atoms with Crippen molar-refractivity contribution >= 4 is 12.0 Å². The largest absolute Gasteiger partial charge is 0.447 e. The molecule has 6 nitrogen and oxygen atoms in total. The van der Waals surface area contributed by atoms with Gasteiger partial charge in [-0.25, -0.2) is 14.8 Å². The SMILES string of the molecule is CC[C@@H]1CC(N(Cc2cc(C(F)(F)F)cc(C(F)(F)F)c2)c2ncc(C)cn2)C[C@H](CC)N1C(=O)OC(C)C. The Bertz CT molecular complexity index is 1070. The standard InChI is InChI=1S/C27H34F6N4O2/c1-6-21-11-23(12-22(7-2)37(21)25(38)39-16(3)4)36(24-34-13-17(5)14-35-24)15-18-8-19(26(28,29)30)10-20(9-18)27(31,32)33/h8-10,13-14,16,21-23H,6-7,11-12,15H2,1-5H3/t21-,22+,23?. The number of carbonyl (C=O) groups excluding carboxylic acids is 1. The van der Waals surface area contributed by atoms with E-state index in [4.69, 9.17) is 4.74 Å². The Morgan fingerprint density at radius 1 is 0.974 bits per heavy atom. The van der Waals surface area contributed by atoms with E-state index < -0.39 is 29.6 Å². The molecule has 1 aromatic carbocycles. The minimum Gasteiger partial charge on any atom is -0.447 e. The molecular weight excluding hydrogens is 526 g/mol. The predicted octanol–water partition coefficient (Wildman–Crippen LogP) is 7.40. The molecule has 1 saturated heterocycles. The number of aryl methyl sites for hydroxylation is 1. The van der Waals surface area contributed by atoms with Gasteiger partial charge in [0.2, 0.25) is 5.95 Å². The highest BCUT2D eigenvalue weighted by Crippen LogP contribution is 2.38. The van der Waals surface area contributed by atoms with Gasteiger partial charge in [-0.3, -0.25) is 0 Å². The van der Waals surface area contributed by atoms with Gasteiger partial charge < -0.3 is 14.5 Å². The molecule has 3 rings (SSSR count). The van der Waals surface area contributed by atoms with Gasteiger partial charge in [0.1, 0.15) is 0 Å². The molecule has 2 aromatic rings. The second-order valence-electron chi connectivity index (χ2n) is 10.2. The summed E-state index contributed by atoms with van der Waals surface area (Å²) in [7, 11) is 0. The van der Waals surface area contributed by atoms with E-state index in [1.54, 1.807) is 43.0 Å². The lowest BCUT2D eigenvalue weighted by Gasteiger charge is -2.47. The summed E-state index contributed by atoms with van der Waals surface area (Å²) in [6.07, 6.45) is -5.55. The molecule has 2 heterocycles. The number of alkyl halides is 6. The normalized spacial score (nSPS) is 20.3. The second-order valence-corrected chi connectivity index (χ2v) is 10.2. The van der Waals surface area contributed by atoms with Crippen LogP contribution in [-0.4, -0.2) is 45.2 Å². The van der Waals surface area contributed by atoms with E-state index in [0.29, 0.717) is 25.7 Å². The number of carbonyl (C=O) groups is 1. The molecule has 0 N–H and O–H groups in total. The average molecular weight is 561 g/mol. The summed E-state index contributed by atoms with van der Waals surface area (Å²) >= 11 is 0. The Kier molecular flexibility index (Phi) is 9.38. The van der Waals surface area contributed by atoms with Gasteiger partial charge in [-0.2, -0.15) is 26.3 Å². The van der Waals surface area contributed by atoms with E-state index in [-0.39, 0.29) is 48.4 Å². The number of halogens is 6. The summed E-state index contributed by atoms with van der Waals surface area (Å²) in [6.45, 7) is 8.86. The van der Waals surface area contributed by atoms with Crippen LogP contribution in [0.4, 0.5) is 37.1 Å². The molecule has 1 aliphatic rings. The first-order valence-corrected chi connectivity index (χ1v) is 13.0. The smallest absolute Gasteiger partial charge is 0.416 e. The summed E-state index contributed by atoms with van der Waals surface area (Å²) in [5.74, 6) is 0.194. The quantitative estimate of drug-likeness (QED) is 0.331. The van der Waals surface area contributed by atoms with Crippen molar-refractivity contribution < 1.29 is 35.9 Å². The second kappa shape index (κ2) is 12.0. The van der Waals surface area contributed by atoms with Crippen LogP contribution < -0.4 is 4.90 Å². The van der Waals surface area contributed by atoms with E-state index in [9.17, 15) is 31.1 Å². The number of nitrogens with zero attached hydrogens (tertiary/aromatic N) is 4. The lowest BCUT2D eigenvalue weighted by Crippen LogP contribution is -2.57. The fourth-order valence-corrected chi connectivity index (χ4v) is 5.00. The number of aromatic nitrogens is 2. The van der Waals surface area contributed by atoms with Crippen molar-refractivity contribution in [3.8, 4) is 0 Å². The summed E-state index contributed by atoms with van der Waals surface area (Å²) in [5, 5.41) is 0. The third kappa shape index (κ3) is 7.54. The number of hydrogen-bond donors (Lipinski definition) is 0. The average Bonchev–Trinajstić information content (AvgIpc) is 2.85. The maximum absolute atomic E-state index is 13.5. The van der Waals surface area contributed by atoms with Crippen LogP contribution >= 0.6 is 0 Å². The zero-order chi connectivity index (χ0) is 29.1. The molecular formula is C27H34F6N4O2. The van der Waals surface area contributed by atoms with Crippen LogP contribution in [0.3, 0.4) is 0 Å². The summed E-state index contributed by atoms with van der Waals surface area (Å²) < 4.78 is 86.7. The lowest BCUT2D eigenvalue weighted by molar-refractivity contribution is -0.143. The molecule has 1 aliphatic heterocycles. The van der Waals surface area contributed by atoms with Crippen LogP contribution in [0.25, 0.3) is 0 Å². The van der Waals surface area contributed by atoms with Crippen LogP contribution in [-0.2, 0) is 23.6 Å². The van der Waals surface area contributed by atoms with Crippen LogP contribution in [0.2, 0.25) is 0 Å². The molecule has 216 valence electrons. The molecule has 0 spiro atoms. The Morgan fingerprint density at radius 3 is 1.87 bits per heavy atom. The molecule has 1 aromatic heterocycles. The Labute approximate surface area is 224 Å². The van der Waals surface area contributed by atoms with Crippen molar-refractivity contribution in [2.24, 2.45) is 0 Å². The summed E-state index contributed by atoms with van der Waals surface area (Å²) in [6, 6.07) is 0.741. The molecule has 1 amide bonds. The molecule has 12 heteroatoms. The van der Waals surface area contributed by atoms with E-state index in [1.807, 2.05) is 13.8 Å². The highest BCUT2D eigenvalue weighted by Gasteiger charge is 2.41. The van der Waals surface area contributed by atoms with Gasteiger partial charge in [0.05, 0.1) is 17.2 Å². The number of ether oxygens (including phenoxy) is 1. The number of piperidine rings is 1. The molecule has 39 heavy (non-hydrogen) atoms. The first-order chi connectivity index (χ1) is 18.1. The van der Waals surface area contributed by atoms with Crippen molar-refractivity contribution in [3.63, 3.8) is 0 Å². The van der Waals surface area contributed by atoms with Gasteiger partial charge in [-0.05, 0) is 75.8 Å². The minimum absolute atomic E-state index is 0.120. The fraction of sp³-hybridized carbons (Fsp3) is 0.593. The van der Waals surface area contributed by atoms with Gasteiger partial charge in [-0.15, -0.1) is 0 Å². The summed E-state index contributed by atoms with van der Waals surface area (Å²) in [5.41, 5.74) is -2.16. The molecule has 0 radical (unpaired) electrons. The maximum Gasteiger partial charge on any atom is 0.416 e. The third-order valence-corrected chi connectivity index (χ3v) is 6.83. The first kappa shape index (κ1) is 30.5. The Hall–Kier alpha value is -3.05. The zero-order valence-corrected chi connectivity index (χ0v) is 22.6. The van der Waals surface area contributed by atoms with Crippen LogP contribution in [0.1, 0.15) is 75.6 Å². The number of rotatable bonds is 7.